The quantitative estimate of drug-likeness (QED) is 0.141. The molecule has 6 nitrogen and oxygen atoms in total. The molecule has 0 N–H and O–H groups in total. The lowest BCUT2D eigenvalue weighted by Gasteiger charge is -2.45. The second-order valence-corrected chi connectivity index (χ2v) is 22.8. The molecular formula is C73H56BN3O3. The van der Waals surface area contributed by atoms with Crippen molar-refractivity contribution in [2.45, 2.75) is 47.0 Å². The van der Waals surface area contributed by atoms with Gasteiger partial charge >= 0.3 is 0 Å². The molecule has 0 fully saturated rings. The summed E-state index contributed by atoms with van der Waals surface area (Å²) in [6, 6.07) is 83.3. The molecule has 0 bridgehead atoms. The molecule has 15 rings (SSSR count). The van der Waals surface area contributed by atoms with E-state index in [1.165, 1.54) is 38.8 Å². The van der Waals surface area contributed by atoms with E-state index in [4.69, 9.17) is 13.3 Å². The molecule has 0 amide bonds. The summed E-state index contributed by atoms with van der Waals surface area (Å²) in [5.74, 6) is 2.45. The summed E-state index contributed by atoms with van der Waals surface area (Å²) in [6.07, 6.45) is 0. The van der Waals surface area contributed by atoms with Crippen molar-refractivity contribution in [1.82, 2.24) is 0 Å². The highest BCUT2D eigenvalue weighted by Crippen LogP contribution is 2.50. The molecule has 10 aromatic carbocycles. The third-order valence-electron chi connectivity index (χ3n) is 16.4. The summed E-state index contributed by atoms with van der Waals surface area (Å²) in [5.41, 5.74) is 24.0. The first-order valence-corrected chi connectivity index (χ1v) is 27.7. The molecule has 5 heterocycles. The molecule has 2 aliphatic heterocycles. The van der Waals surface area contributed by atoms with Gasteiger partial charge in [0.15, 0.2) is 0 Å². The van der Waals surface area contributed by atoms with Crippen LogP contribution in [0.1, 0.15) is 43.0 Å². The Hall–Kier alpha value is -9.72. The Kier molecular flexibility index (Phi) is 10.8. The van der Waals surface area contributed by atoms with Gasteiger partial charge in [0.2, 0.25) is 0 Å². The van der Waals surface area contributed by atoms with Gasteiger partial charge < -0.3 is 28.0 Å². The summed E-state index contributed by atoms with van der Waals surface area (Å²) < 4.78 is 19.7. The Balaban J connectivity index is 0.964. The van der Waals surface area contributed by atoms with Gasteiger partial charge in [-0.25, -0.2) is 0 Å². The molecule has 3 aromatic heterocycles. The van der Waals surface area contributed by atoms with Crippen LogP contribution in [0.4, 0.5) is 51.2 Å². The maximum Gasteiger partial charge on any atom is 0.252 e. The Morgan fingerprint density at radius 3 is 1.49 bits per heavy atom. The van der Waals surface area contributed by atoms with E-state index in [2.05, 4.69) is 250 Å². The van der Waals surface area contributed by atoms with Gasteiger partial charge in [-0.2, -0.15) is 0 Å². The molecule has 80 heavy (non-hydrogen) atoms. The predicted octanol–water partition coefficient (Wildman–Crippen LogP) is 18.7. The number of hydrogen-bond donors (Lipinski definition) is 0. The van der Waals surface area contributed by atoms with Crippen LogP contribution in [-0.4, -0.2) is 6.71 Å². The zero-order valence-electron chi connectivity index (χ0n) is 45.6. The monoisotopic (exact) mass is 1030 g/mol. The molecule has 0 saturated heterocycles. The number of hydrogen-bond acceptors (Lipinski definition) is 6. The van der Waals surface area contributed by atoms with Crippen molar-refractivity contribution in [3.63, 3.8) is 0 Å². The van der Waals surface area contributed by atoms with Gasteiger partial charge in [-0.15, -0.1) is 0 Å². The van der Waals surface area contributed by atoms with E-state index in [1.54, 1.807) is 0 Å². The number of benzene rings is 10. The lowest BCUT2D eigenvalue weighted by atomic mass is 9.33. The van der Waals surface area contributed by atoms with Crippen LogP contribution in [-0.2, 0) is 5.41 Å². The average Bonchev–Trinajstić information content (AvgIpc) is 4.34. The minimum Gasteiger partial charge on any atom is -0.456 e. The molecule has 0 aliphatic carbocycles. The topological polar surface area (TPSA) is 49.1 Å². The number of aryl methyl sites for hydroxylation is 3. The Bertz CT molecular complexity index is 4390. The van der Waals surface area contributed by atoms with Gasteiger partial charge in [0, 0.05) is 78.3 Å². The van der Waals surface area contributed by atoms with E-state index >= 15 is 0 Å². The third-order valence-corrected chi connectivity index (χ3v) is 16.4. The second kappa shape index (κ2) is 18.2. The number of fused-ring (bicyclic) bond motifs is 7. The Labute approximate surface area is 466 Å². The normalized spacial score (nSPS) is 12.8. The minimum absolute atomic E-state index is 0.111. The summed E-state index contributed by atoms with van der Waals surface area (Å²) in [4.78, 5) is 7.46. The van der Waals surface area contributed by atoms with Gasteiger partial charge in [-0.3, -0.25) is 0 Å². The molecule has 0 saturated carbocycles. The summed E-state index contributed by atoms with van der Waals surface area (Å²) >= 11 is 0. The maximum absolute atomic E-state index is 6.70. The number of rotatable bonds is 8. The van der Waals surface area contributed by atoms with Gasteiger partial charge in [0.1, 0.15) is 34.0 Å². The Morgan fingerprint density at radius 1 is 0.388 bits per heavy atom. The lowest BCUT2D eigenvalue weighted by molar-refractivity contribution is 0.591. The van der Waals surface area contributed by atoms with Crippen LogP contribution in [0.15, 0.2) is 244 Å². The summed E-state index contributed by atoms with van der Waals surface area (Å²) in [7, 11) is 0. The zero-order valence-corrected chi connectivity index (χ0v) is 45.6. The van der Waals surface area contributed by atoms with E-state index in [9.17, 15) is 0 Å². The van der Waals surface area contributed by atoms with Crippen LogP contribution < -0.4 is 31.1 Å². The standard InChI is InChI=1S/C73H56BN3O3/c1-45-35-63-71-64(36-45)77(72-46(2)17-16-18-47(72)3)62-44-57(75(55-22-8-7-9-23-55)56-30-27-48(28-31-56)68-40-49-19-10-13-24-65(49)78-68)32-33-59(62)74(71)60-43-54(73(4,5)6)29-34-61(60)76(63)58-38-52(69-41-50-20-11-14-25-66(50)79-69)37-53(39-58)70-42-51-21-12-15-26-67(51)80-70/h7-44H,1-6H3. The summed E-state index contributed by atoms with van der Waals surface area (Å²) in [5, 5.41) is 3.21. The summed E-state index contributed by atoms with van der Waals surface area (Å²) in [6.45, 7) is 13.6. The fraction of sp³-hybridized carbons (Fsp3) is 0.0959. The van der Waals surface area contributed by atoms with E-state index in [-0.39, 0.29) is 12.1 Å². The maximum atomic E-state index is 6.70. The third kappa shape index (κ3) is 7.78. The number of anilines is 9. The molecule has 2 aliphatic rings. The van der Waals surface area contributed by atoms with Crippen LogP contribution in [0.25, 0.3) is 66.9 Å². The highest BCUT2D eigenvalue weighted by Gasteiger charge is 2.45. The van der Waals surface area contributed by atoms with Gasteiger partial charge in [-0.1, -0.05) is 130 Å². The first kappa shape index (κ1) is 47.5. The van der Waals surface area contributed by atoms with Crippen molar-refractivity contribution < 1.29 is 13.3 Å². The van der Waals surface area contributed by atoms with Crippen molar-refractivity contribution in [2.24, 2.45) is 0 Å². The fourth-order valence-corrected chi connectivity index (χ4v) is 12.6. The Morgan fingerprint density at radius 2 is 0.912 bits per heavy atom. The number of furan rings is 3. The number of nitrogens with zero attached hydrogens (tertiary/aromatic N) is 3. The zero-order chi connectivity index (χ0) is 54.0. The first-order valence-electron chi connectivity index (χ1n) is 27.7. The molecule has 0 spiro atoms. The highest BCUT2D eigenvalue weighted by molar-refractivity contribution is 7.00. The predicted molar refractivity (Wildman–Crippen MR) is 334 cm³/mol. The van der Waals surface area contributed by atoms with Crippen LogP contribution in [0, 0.1) is 20.8 Å². The van der Waals surface area contributed by atoms with Crippen molar-refractivity contribution >= 4 is 107 Å². The first-order chi connectivity index (χ1) is 39.0. The van der Waals surface area contributed by atoms with Crippen molar-refractivity contribution in [3.05, 3.63) is 253 Å². The smallest absolute Gasteiger partial charge is 0.252 e. The average molecular weight is 1030 g/mol. The fourth-order valence-electron chi connectivity index (χ4n) is 12.6. The van der Waals surface area contributed by atoms with Crippen molar-refractivity contribution in [3.8, 4) is 34.0 Å². The van der Waals surface area contributed by atoms with E-state index in [0.717, 1.165) is 118 Å². The van der Waals surface area contributed by atoms with Crippen LogP contribution in [0.2, 0.25) is 0 Å². The molecule has 0 unspecified atom stereocenters. The minimum atomic E-state index is -0.117. The van der Waals surface area contributed by atoms with Crippen LogP contribution in [0.3, 0.4) is 0 Å². The molecule has 13 aromatic rings. The van der Waals surface area contributed by atoms with Crippen LogP contribution in [0.5, 0.6) is 0 Å². The van der Waals surface area contributed by atoms with Gasteiger partial charge in [0.25, 0.3) is 6.71 Å². The van der Waals surface area contributed by atoms with Crippen molar-refractivity contribution in [1.29, 1.82) is 0 Å². The molecular weight excluding hydrogens is 978 g/mol. The van der Waals surface area contributed by atoms with Crippen LogP contribution >= 0.6 is 0 Å². The van der Waals surface area contributed by atoms with E-state index in [1.807, 2.05) is 36.4 Å². The second-order valence-electron chi connectivity index (χ2n) is 22.8. The van der Waals surface area contributed by atoms with Gasteiger partial charge in [0.05, 0.1) is 5.69 Å². The SMILES string of the molecule is Cc1cc2c3c(c1)N(c1c(C)cccc1C)c1cc(N(c4ccccc4)c4ccc(-c5cc6ccccc6o5)cc4)ccc1B3c1cc(C(C)(C)C)ccc1N2c1cc(-c2cc3ccccc3o2)cc(-c2cc3ccccc3o2)c1. The molecule has 384 valence electrons. The molecule has 7 heteroatoms. The van der Waals surface area contributed by atoms with Gasteiger partial charge in [-0.05, 0) is 186 Å². The highest BCUT2D eigenvalue weighted by atomic mass is 16.3. The van der Waals surface area contributed by atoms with E-state index < -0.39 is 0 Å². The lowest BCUT2D eigenvalue weighted by Crippen LogP contribution is -2.61. The molecule has 0 atom stereocenters. The van der Waals surface area contributed by atoms with Crippen molar-refractivity contribution in [2.75, 3.05) is 14.7 Å². The molecule has 0 radical (unpaired) electrons. The largest absolute Gasteiger partial charge is 0.456 e. The number of para-hydroxylation sites is 5. The van der Waals surface area contributed by atoms with E-state index in [0.29, 0.717) is 0 Å².